The van der Waals surface area contributed by atoms with Gasteiger partial charge in [0.1, 0.15) is 0 Å². The van der Waals surface area contributed by atoms with E-state index < -0.39 is 16.0 Å². The molecule has 19 heavy (non-hydrogen) atoms. The van der Waals surface area contributed by atoms with Gasteiger partial charge in [0, 0.05) is 19.5 Å². The largest absolute Gasteiger partial charge is 0.481 e. The molecule has 1 saturated carbocycles. The molecule has 0 aromatic carbocycles. The van der Waals surface area contributed by atoms with E-state index in [1.54, 1.807) is 7.05 Å². The molecule has 6 heteroatoms. The lowest BCUT2D eigenvalue weighted by atomic mass is 9.76. The van der Waals surface area contributed by atoms with Crippen molar-refractivity contribution >= 4 is 16.0 Å². The quantitative estimate of drug-likeness (QED) is 0.813. The molecule has 112 valence electrons. The first-order valence-electron chi connectivity index (χ1n) is 6.81. The lowest BCUT2D eigenvalue weighted by molar-refractivity contribution is -0.137. The Morgan fingerprint density at radius 3 is 2.32 bits per heavy atom. The van der Waals surface area contributed by atoms with Crippen molar-refractivity contribution in [1.82, 2.24) is 4.31 Å². The molecule has 0 bridgehead atoms. The summed E-state index contributed by atoms with van der Waals surface area (Å²) in [4.78, 5) is 10.4. The van der Waals surface area contributed by atoms with Gasteiger partial charge in [-0.2, -0.15) is 0 Å². The first-order chi connectivity index (χ1) is 8.64. The monoisotopic (exact) mass is 291 g/mol. The van der Waals surface area contributed by atoms with E-state index in [4.69, 9.17) is 5.11 Å². The first-order valence-corrected chi connectivity index (χ1v) is 8.42. The molecular weight excluding hydrogens is 266 g/mol. The minimum Gasteiger partial charge on any atom is -0.481 e. The van der Waals surface area contributed by atoms with Crippen molar-refractivity contribution in [2.75, 3.05) is 12.8 Å². The van der Waals surface area contributed by atoms with Gasteiger partial charge >= 0.3 is 5.97 Å². The van der Waals surface area contributed by atoms with Crippen LogP contribution in [0.4, 0.5) is 0 Å². The van der Waals surface area contributed by atoms with Gasteiger partial charge in [0.05, 0.1) is 5.75 Å². The van der Waals surface area contributed by atoms with E-state index in [9.17, 15) is 13.2 Å². The van der Waals surface area contributed by atoms with Gasteiger partial charge in [-0.1, -0.05) is 13.8 Å². The Morgan fingerprint density at radius 1 is 1.32 bits per heavy atom. The molecule has 1 fully saturated rings. The summed E-state index contributed by atoms with van der Waals surface area (Å²) in [6.45, 7) is 4.43. The maximum Gasteiger partial charge on any atom is 0.303 e. The number of carboxylic acid groups (broad SMARTS) is 1. The average Bonchev–Trinajstić information content (AvgIpc) is 2.27. The van der Waals surface area contributed by atoms with Crippen molar-refractivity contribution in [2.45, 2.75) is 58.4 Å². The maximum absolute atomic E-state index is 12.1. The molecule has 0 atom stereocenters. The summed E-state index contributed by atoms with van der Waals surface area (Å²) < 4.78 is 25.7. The summed E-state index contributed by atoms with van der Waals surface area (Å²) in [6, 6.07) is 0.0721. The molecule has 0 unspecified atom stereocenters. The Hall–Kier alpha value is -0.620. The van der Waals surface area contributed by atoms with Crippen LogP contribution in [-0.4, -0.2) is 42.6 Å². The van der Waals surface area contributed by atoms with Crippen molar-refractivity contribution < 1.29 is 18.3 Å². The summed E-state index contributed by atoms with van der Waals surface area (Å²) in [5.41, 5.74) is 0.310. The molecule has 0 aromatic rings. The smallest absolute Gasteiger partial charge is 0.303 e. The number of nitrogens with zero attached hydrogens (tertiary/aromatic N) is 1. The van der Waals surface area contributed by atoms with Crippen molar-refractivity contribution in [3.63, 3.8) is 0 Å². The highest BCUT2D eigenvalue weighted by molar-refractivity contribution is 7.89. The molecule has 0 spiro atoms. The molecule has 1 N–H and O–H groups in total. The van der Waals surface area contributed by atoms with Gasteiger partial charge in [0.2, 0.25) is 10.0 Å². The highest BCUT2D eigenvalue weighted by atomic mass is 32.2. The zero-order chi connectivity index (χ0) is 14.7. The summed E-state index contributed by atoms with van der Waals surface area (Å²) >= 11 is 0. The van der Waals surface area contributed by atoms with Crippen LogP contribution in [0.3, 0.4) is 0 Å². The molecule has 0 amide bonds. The predicted molar refractivity (Wildman–Crippen MR) is 74.5 cm³/mol. The maximum atomic E-state index is 12.1. The second kappa shape index (κ2) is 6.22. The molecule has 0 heterocycles. The molecule has 0 aromatic heterocycles. The van der Waals surface area contributed by atoms with Crippen LogP contribution >= 0.6 is 0 Å². The zero-order valence-electron chi connectivity index (χ0n) is 12.1. The van der Waals surface area contributed by atoms with E-state index in [0.717, 1.165) is 25.7 Å². The fraction of sp³-hybridized carbons (Fsp3) is 0.923. The summed E-state index contributed by atoms with van der Waals surface area (Å²) in [5, 5.41) is 8.55. The second-order valence-corrected chi connectivity index (χ2v) is 8.37. The highest BCUT2D eigenvalue weighted by Gasteiger charge is 2.33. The normalized spacial score (nSPS) is 20.6. The van der Waals surface area contributed by atoms with E-state index in [0.29, 0.717) is 5.41 Å². The zero-order valence-corrected chi connectivity index (χ0v) is 12.9. The van der Waals surface area contributed by atoms with Gasteiger partial charge in [-0.15, -0.1) is 0 Å². The van der Waals surface area contributed by atoms with E-state index in [-0.39, 0.29) is 24.6 Å². The van der Waals surface area contributed by atoms with Gasteiger partial charge in [-0.3, -0.25) is 4.79 Å². The van der Waals surface area contributed by atoms with Gasteiger partial charge < -0.3 is 5.11 Å². The third-order valence-electron chi connectivity index (χ3n) is 4.05. The molecule has 0 radical (unpaired) electrons. The number of rotatable bonds is 6. The molecule has 1 aliphatic rings. The average molecular weight is 291 g/mol. The van der Waals surface area contributed by atoms with Crippen LogP contribution < -0.4 is 0 Å². The van der Waals surface area contributed by atoms with Gasteiger partial charge in [-0.05, 0) is 37.5 Å². The van der Waals surface area contributed by atoms with Gasteiger partial charge in [-0.25, -0.2) is 12.7 Å². The van der Waals surface area contributed by atoms with Crippen molar-refractivity contribution in [3.8, 4) is 0 Å². The van der Waals surface area contributed by atoms with Crippen molar-refractivity contribution in [2.24, 2.45) is 5.41 Å². The predicted octanol–water partition coefficient (Wildman–Crippen LogP) is 2.08. The number of aliphatic carboxylic acids is 1. The number of carbonyl (C=O) groups is 1. The highest BCUT2D eigenvalue weighted by Crippen LogP contribution is 2.37. The topological polar surface area (TPSA) is 74.7 Å². The van der Waals surface area contributed by atoms with Gasteiger partial charge in [0.15, 0.2) is 0 Å². The SMILES string of the molecule is CN(C1CCC(C)(C)CC1)S(=O)(=O)CCCC(=O)O. The standard InChI is InChI=1S/C13H25NO4S/c1-13(2)8-6-11(7-9-13)14(3)19(17,18)10-4-5-12(15)16/h11H,4-10H2,1-3H3,(H,15,16). The van der Waals surface area contributed by atoms with Crippen LogP contribution in [0.25, 0.3) is 0 Å². The third kappa shape index (κ3) is 5.10. The van der Waals surface area contributed by atoms with Crippen LogP contribution in [0.2, 0.25) is 0 Å². The number of carboxylic acids is 1. The van der Waals surface area contributed by atoms with Crippen LogP contribution in [0.5, 0.6) is 0 Å². The molecule has 0 saturated heterocycles. The number of hydrogen-bond acceptors (Lipinski definition) is 3. The Bertz CT molecular complexity index is 406. The lowest BCUT2D eigenvalue weighted by Crippen LogP contribution is -2.41. The molecule has 5 nitrogen and oxygen atoms in total. The number of sulfonamides is 1. The number of hydrogen-bond donors (Lipinski definition) is 1. The van der Waals surface area contributed by atoms with Crippen LogP contribution in [0, 0.1) is 5.41 Å². The van der Waals surface area contributed by atoms with Crippen LogP contribution in [0.1, 0.15) is 52.4 Å². The Kier molecular flexibility index (Phi) is 5.38. The lowest BCUT2D eigenvalue weighted by Gasteiger charge is -2.38. The van der Waals surface area contributed by atoms with Gasteiger partial charge in [0.25, 0.3) is 0 Å². The minimum absolute atomic E-state index is 0.0721. The minimum atomic E-state index is -3.32. The summed E-state index contributed by atoms with van der Waals surface area (Å²) in [7, 11) is -1.70. The van der Waals surface area contributed by atoms with Crippen LogP contribution in [-0.2, 0) is 14.8 Å². The Balaban J connectivity index is 2.52. The van der Waals surface area contributed by atoms with Crippen LogP contribution in [0.15, 0.2) is 0 Å². The molecule has 0 aliphatic heterocycles. The fourth-order valence-corrected chi connectivity index (χ4v) is 3.99. The molecular formula is C13H25NO4S. The van der Waals surface area contributed by atoms with Crippen molar-refractivity contribution in [3.05, 3.63) is 0 Å². The van der Waals surface area contributed by atoms with E-state index in [1.807, 2.05) is 0 Å². The van der Waals surface area contributed by atoms with Crippen molar-refractivity contribution in [1.29, 1.82) is 0 Å². The van der Waals surface area contributed by atoms with E-state index in [2.05, 4.69) is 13.8 Å². The Labute approximate surface area is 116 Å². The van der Waals surface area contributed by atoms with E-state index >= 15 is 0 Å². The third-order valence-corrected chi connectivity index (χ3v) is 6.03. The van der Waals surface area contributed by atoms with E-state index in [1.165, 1.54) is 4.31 Å². The summed E-state index contributed by atoms with van der Waals surface area (Å²) in [5.74, 6) is -1.02. The summed E-state index contributed by atoms with van der Waals surface area (Å²) in [6.07, 6.45) is 3.94. The molecule has 1 aliphatic carbocycles. The molecule has 1 rings (SSSR count). The fourth-order valence-electron chi connectivity index (χ4n) is 2.52. The first kappa shape index (κ1) is 16.4. The Morgan fingerprint density at radius 2 is 1.84 bits per heavy atom. The second-order valence-electron chi connectivity index (χ2n) is 6.22.